The topological polar surface area (TPSA) is 74.6 Å². The predicted octanol–water partition coefficient (Wildman–Crippen LogP) is 1.50. The van der Waals surface area contributed by atoms with Gasteiger partial charge in [0.05, 0.1) is 0 Å². The smallest absolute Gasteiger partial charge is 0.347 e. The summed E-state index contributed by atoms with van der Waals surface area (Å²) in [6.07, 6.45) is -0.410. The van der Waals surface area contributed by atoms with Gasteiger partial charge >= 0.3 is 11.9 Å². The normalized spacial score (nSPS) is 30.0. The SMILES string of the molecule is O=C(O)C1C(F)=C(F)C(F)=CC1(F)C(=O)O. The number of carbonyl (C=O) groups is 2. The molecule has 0 aliphatic heterocycles. The highest BCUT2D eigenvalue weighted by molar-refractivity contribution is 5.90. The molecule has 0 aromatic carbocycles. The van der Waals surface area contributed by atoms with Gasteiger partial charge < -0.3 is 10.2 Å². The summed E-state index contributed by atoms with van der Waals surface area (Å²) in [7, 11) is 0. The third kappa shape index (κ3) is 1.55. The third-order valence-electron chi connectivity index (χ3n) is 2.00. The van der Waals surface area contributed by atoms with Crippen LogP contribution in [0.4, 0.5) is 17.6 Å². The van der Waals surface area contributed by atoms with Crippen molar-refractivity contribution in [2.24, 2.45) is 5.92 Å². The fourth-order valence-corrected chi connectivity index (χ4v) is 1.23. The van der Waals surface area contributed by atoms with Crippen molar-refractivity contribution >= 4 is 11.9 Å². The summed E-state index contributed by atoms with van der Waals surface area (Å²) >= 11 is 0. The largest absolute Gasteiger partial charge is 0.481 e. The second-order valence-corrected chi connectivity index (χ2v) is 3.00. The predicted molar refractivity (Wildman–Crippen MR) is 41.0 cm³/mol. The Bertz CT molecular complexity index is 428. The maximum absolute atomic E-state index is 13.5. The molecule has 0 amide bonds. The van der Waals surface area contributed by atoms with Gasteiger partial charge in [0.25, 0.3) is 0 Å². The number of aliphatic carboxylic acids is 2. The Morgan fingerprint density at radius 1 is 1.25 bits per heavy atom. The number of alkyl halides is 1. The van der Waals surface area contributed by atoms with Crippen molar-refractivity contribution < 1.29 is 37.4 Å². The van der Waals surface area contributed by atoms with Crippen molar-refractivity contribution in [2.75, 3.05) is 0 Å². The first kappa shape index (κ1) is 12.2. The minimum Gasteiger partial charge on any atom is -0.481 e. The molecule has 4 nitrogen and oxygen atoms in total. The van der Waals surface area contributed by atoms with E-state index in [0.29, 0.717) is 0 Å². The molecule has 0 fully saturated rings. The monoisotopic (exact) mass is 240 g/mol. The van der Waals surface area contributed by atoms with E-state index in [4.69, 9.17) is 10.2 Å². The first-order valence-corrected chi connectivity index (χ1v) is 3.80. The molecule has 2 unspecified atom stereocenters. The fourth-order valence-electron chi connectivity index (χ4n) is 1.23. The molecule has 1 aliphatic carbocycles. The molecule has 16 heavy (non-hydrogen) atoms. The molecular weight excluding hydrogens is 236 g/mol. The first-order valence-electron chi connectivity index (χ1n) is 3.80. The molecule has 0 heterocycles. The lowest BCUT2D eigenvalue weighted by Gasteiger charge is -2.26. The number of hydrogen-bond acceptors (Lipinski definition) is 2. The number of hydrogen-bond donors (Lipinski definition) is 2. The highest BCUT2D eigenvalue weighted by Gasteiger charge is 2.56. The van der Waals surface area contributed by atoms with Gasteiger partial charge in [-0.1, -0.05) is 0 Å². The van der Waals surface area contributed by atoms with E-state index in [2.05, 4.69) is 0 Å². The van der Waals surface area contributed by atoms with Crippen molar-refractivity contribution in [3.05, 3.63) is 23.6 Å². The lowest BCUT2D eigenvalue weighted by Crippen LogP contribution is -2.46. The Labute approximate surface area is 85.5 Å². The fraction of sp³-hybridized carbons (Fsp3) is 0.250. The summed E-state index contributed by atoms with van der Waals surface area (Å²) in [5.74, 6) is -14.2. The zero-order chi connectivity index (χ0) is 12.7. The third-order valence-corrected chi connectivity index (χ3v) is 2.00. The van der Waals surface area contributed by atoms with Gasteiger partial charge in [0.1, 0.15) is 0 Å². The average Bonchev–Trinajstić information content (AvgIpc) is 2.13. The summed E-state index contributed by atoms with van der Waals surface area (Å²) in [5, 5.41) is 16.8. The summed E-state index contributed by atoms with van der Waals surface area (Å²) in [4.78, 5) is 20.9. The summed E-state index contributed by atoms with van der Waals surface area (Å²) in [6, 6.07) is 0. The standard InChI is InChI=1S/C8H4F4O4/c9-2-1-8(12,7(15)16)3(6(13)14)5(11)4(2)10/h1,3H,(H,13,14)(H,15,16). The highest BCUT2D eigenvalue weighted by Crippen LogP contribution is 2.41. The lowest BCUT2D eigenvalue weighted by molar-refractivity contribution is -0.160. The molecule has 88 valence electrons. The minimum atomic E-state index is -3.85. The average molecular weight is 240 g/mol. The van der Waals surface area contributed by atoms with Gasteiger partial charge in [-0.3, -0.25) is 4.79 Å². The van der Waals surface area contributed by atoms with Crippen LogP contribution in [0.1, 0.15) is 0 Å². The molecule has 1 aliphatic rings. The summed E-state index contributed by atoms with van der Waals surface area (Å²) < 4.78 is 51.7. The Morgan fingerprint density at radius 3 is 2.12 bits per heavy atom. The van der Waals surface area contributed by atoms with E-state index in [-0.39, 0.29) is 0 Å². The number of allylic oxidation sites excluding steroid dienone is 2. The van der Waals surface area contributed by atoms with E-state index in [1.54, 1.807) is 0 Å². The number of rotatable bonds is 2. The molecule has 1 rings (SSSR count). The van der Waals surface area contributed by atoms with Crippen molar-refractivity contribution in [3.63, 3.8) is 0 Å². The van der Waals surface area contributed by atoms with Crippen LogP contribution in [0.5, 0.6) is 0 Å². The van der Waals surface area contributed by atoms with E-state index in [1.807, 2.05) is 0 Å². The molecular formula is C8H4F4O4. The van der Waals surface area contributed by atoms with E-state index in [0.717, 1.165) is 0 Å². The molecule has 2 atom stereocenters. The minimum absolute atomic E-state index is 0.410. The maximum Gasteiger partial charge on any atom is 0.347 e. The Hall–Kier alpha value is -1.86. The molecule has 8 heteroatoms. The number of carboxylic acids is 2. The molecule has 0 saturated carbocycles. The second kappa shape index (κ2) is 3.62. The van der Waals surface area contributed by atoms with Crippen molar-refractivity contribution in [1.82, 2.24) is 0 Å². The Morgan fingerprint density at radius 2 is 1.75 bits per heavy atom. The zero-order valence-electron chi connectivity index (χ0n) is 7.38. The molecule has 0 aromatic rings. The van der Waals surface area contributed by atoms with Crippen LogP contribution < -0.4 is 0 Å². The van der Waals surface area contributed by atoms with Crippen LogP contribution in [0.3, 0.4) is 0 Å². The first-order chi connectivity index (χ1) is 7.21. The molecule has 2 N–H and O–H groups in total. The van der Waals surface area contributed by atoms with Gasteiger partial charge in [-0.05, 0) is 0 Å². The molecule has 0 radical (unpaired) electrons. The van der Waals surface area contributed by atoms with Crippen LogP contribution in [0.15, 0.2) is 23.6 Å². The van der Waals surface area contributed by atoms with Crippen LogP contribution in [0.2, 0.25) is 0 Å². The van der Waals surface area contributed by atoms with E-state index < -0.39 is 47.1 Å². The van der Waals surface area contributed by atoms with Crippen LogP contribution in [-0.2, 0) is 9.59 Å². The quantitative estimate of drug-likeness (QED) is 0.717. The van der Waals surface area contributed by atoms with Crippen molar-refractivity contribution in [3.8, 4) is 0 Å². The van der Waals surface area contributed by atoms with Crippen LogP contribution in [0, 0.1) is 5.92 Å². The van der Waals surface area contributed by atoms with Gasteiger partial charge in [-0.15, -0.1) is 0 Å². The van der Waals surface area contributed by atoms with E-state index >= 15 is 0 Å². The van der Waals surface area contributed by atoms with Gasteiger partial charge in [0.2, 0.25) is 5.67 Å². The van der Waals surface area contributed by atoms with Crippen LogP contribution in [0.25, 0.3) is 0 Å². The Balaban J connectivity index is 3.43. The maximum atomic E-state index is 13.5. The molecule has 0 saturated heterocycles. The number of carboxylic acid groups (broad SMARTS) is 2. The molecule has 0 bridgehead atoms. The number of halogens is 4. The summed E-state index contributed by atoms with van der Waals surface area (Å²) in [5.41, 5.74) is -3.85. The van der Waals surface area contributed by atoms with Crippen LogP contribution in [-0.4, -0.2) is 27.8 Å². The van der Waals surface area contributed by atoms with Gasteiger partial charge in [0.15, 0.2) is 23.4 Å². The van der Waals surface area contributed by atoms with E-state index in [9.17, 15) is 27.2 Å². The zero-order valence-corrected chi connectivity index (χ0v) is 7.38. The lowest BCUT2D eigenvalue weighted by atomic mass is 9.84. The summed E-state index contributed by atoms with van der Waals surface area (Å²) in [6.45, 7) is 0. The van der Waals surface area contributed by atoms with Gasteiger partial charge in [-0.25, -0.2) is 22.4 Å². The van der Waals surface area contributed by atoms with Gasteiger partial charge in [0, 0.05) is 6.08 Å². The Kier molecular flexibility index (Phi) is 2.76. The highest BCUT2D eigenvalue weighted by atomic mass is 19.2. The van der Waals surface area contributed by atoms with Crippen molar-refractivity contribution in [2.45, 2.75) is 5.67 Å². The van der Waals surface area contributed by atoms with E-state index in [1.165, 1.54) is 0 Å². The van der Waals surface area contributed by atoms with Gasteiger partial charge in [-0.2, -0.15) is 0 Å². The second-order valence-electron chi connectivity index (χ2n) is 3.00. The van der Waals surface area contributed by atoms with Crippen molar-refractivity contribution in [1.29, 1.82) is 0 Å². The molecule has 0 spiro atoms. The van der Waals surface area contributed by atoms with Crippen LogP contribution >= 0.6 is 0 Å². The molecule has 0 aromatic heterocycles.